The molecule has 100 valence electrons. The molecule has 1 aromatic carbocycles. The van der Waals surface area contributed by atoms with E-state index in [4.69, 9.17) is 0 Å². The van der Waals surface area contributed by atoms with Crippen LogP contribution in [0.1, 0.15) is 31.9 Å². The van der Waals surface area contributed by atoms with Gasteiger partial charge in [-0.25, -0.2) is 0 Å². The Morgan fingerprint density at radius 2 is 2.11 bits per heavy atom. The van der Waals surface area contributed by atoms with Crippen LogP contribution in [0.5, 0.6) is 0 Å². The van der Waals surface area contributed by atoms with Crippen molar-refractivity contribution in [3.63, 3.8) is 0 Å². The molecule has 1 heterocycles. The fraction of sp³-hybridized carbons (Fsp3) is 0.333. The van der Waals surface area contributed by atoms with Gasteiger partial charge in [-0.1, -0.05) is 19.1 Å². The lowest BCUT2D eigenvalue weighted by atomic mass is 10.1. The first kappa shape index (κ1) is 13.3. The summed E-state index contributed by atoms with van der Waals surface area (Å²) in [6, 6.07) is 9.87. The SMILES string of the molecule is CCc1ccc(NC(=O)CC(C)n2cccn2)cc1. The van der Waals surface area contributed by atoms with Crippen LogP contribution in [0.25, 0.3) is 0 Å². The molecule has 0 saturated carbocycles. The molecule has 4 nitrogen and oxygen atoms in total. The third-order valence-electron chi connectivity index (χ3n) is 3.10. The summed E-state index contributed by atoms with van der Waals surface area (Å²) in [6.45, 7) is 4.09. The van der Waals surface area contributed by atoms with Gasteiger partial charge < -0.3 is 5.32 Å². The van der Waals surface area contributed by atoms with Crippen LogP contribution in [0.4, 0.5) is 5.69 Å². The van der Waals surface area contributed by atoms with Crippen LogP contribution < -0.4 is 5.32 Å². The average molecular weight is 257 g/mol. The number of hydrogen-bond donors (Lipinski definition) is 1. The predicted molar refractivity (Wildman–Crippen MR) is 76.0 cm³/mol. The van der Waals surface area contributed by atoms with Gasteiger partial charge in [0.1, 0.15) is 0 Å². The maximum atomic E-state index is 11.9. The zero-order valence-corrected chi connectivity index (χ0v) is 11.3. The summed E-state index contributed by atoms with van der Waals surface area (Å²) in [5.74, 6) is 0.00671. The third kappa shape index (κ3) is 3.68. The van der Waals surface area contributed by atoms with Crippen molar-refractivity contribution < 1.29 is 4.79 Å². The number of rotatable bonds is 5. The summed E-state index contributed by atoms with van der Waals surface area (Å²) < 4.78 is 1.79. The van der Waals surface area contributed by atoms with Crippen LogP contribution in [-0.2, 0) is 11.2 Å². The summed E-state index contributed by atoms with van der Waals surface area (Å²) in [5.41, 5.74) is 2.11. The van der Waals surface area contributed by atoms with E-state index in [1.807, 2.05) is 43.5 Å². The Kier molecular flexibility index (Phi) is 4.34. The highest BCUT2D eigenvalue weighted by molar-refractivity contribution is 5.90. The Balaban J connectivity index is 1.90. The lowest BCUT2D eigenvalue weighted by molar-refractivity contribution is -0.116. The van der Waals surface area contributed by atoms with Gasteiger partial charge in [-0.3, -0.25) is 9.48 Å². The molecule has 0 aliphatic rings. The Morgan fingerprint density at radius 1 is 1.37 bits per heavy atom. The maximum Gasteiger partial charge on any atom is 0.226 e. The van der Waals surface area contributed by atoms with E-state index in [-0.39, 0.29) is 11.9 Å². The fourth-order valence-electron chi connectivity index (χ4n) is 1.94. The number of carbonyl (C=O) groups excluding carboxylic acids is 1. The summed E-state index contributed by atoms with van der Waals surface area (Å²) in [4.78, 5) is 11.9. The minimum atomic E-state index is 0.00671. The standard InChI is InChI=1S/C15H19N3O/c1-3-13-5-7-14(8-6-13)17-15(19)11-12(2)18-10-4-9-16-18/h4-10,12H,3,11H2,1-2H3,(H,17,19). The zero-order valence-electron chi connectivity index (χ0n) is 11.3. The second kappa shape index (κ2) is 6.18. The number of amides is 1. The lowest BCUT2D eigenvalue weighted by Crippen LogP contribution is -2.17. The summed E-state index contributed by atoms with van der Waals surface area (Å²) in [6.07, 6.45) is 5.01. The van der Waals surface area contributed by atoms with Crippen molar-refractivity contribution in [2.75, 3.05) is 5.32 Å². The second-order valence-electron chi connectivity index (χ2n) is 4.64. The molecule has 1 aromatic heterocycles. The van der Waals surface area contributed by atoms with Crippen molar-refractivity contribution in [3.05, 3.63) is 48.3 Å². The highest BCUT2D eigenvalue weighted by atomic mass is 16.1. The zero-order chi connectivity index (χ0) is 13.7. The van der Waals surface area contributed by atoms with E-state index < -0.39 is 0 Å². The van der Waals surface area contributed by atoms with Gasteiger partial charge >= 0.3 is 0 Å². The van der Waals surface area contributed by atoms with Gasteiger partial charge in [0.25, 0.3) is 0 Å². The number of aromatic nitrogens is 2. The molecule has 0 aliphatic heterocycles. The normalized spacial score (nSPS) is 12.1. The number of benzene rings is 1. The molecule has 0 saturated heterocycles. The molecule has 1 atom stereocenters. The molecular formula is C15H19N3O. The Bertz CT molecular complexity index is 517. The molecule has 0 bridgehead atoms. The number of carbonyl (C=O) groups is 1. The minimum absolute atomic E-state index is 0.00671. The number of hydrogen-bond acceptors (Lipinski definition) is 2. The van der Waals surface area contributed by atoms with Gasteiger partial charge in [0, 0.05) is 24.5 Å². The molecule has 0 spiro atoms. The third-order valence-corrected chi connectivity index (χ3v) is 3.10. The molecule has 1 amide bonds. The minimum Gasteiger partial charge on any atom is -0.326 e. The summed E-state index contributed by atoms with van der Waals surface area (Å²) >= 11 is 0. The quantitative estimate of drug-likeness (QED) is 0.895. The van der Waals surface area contributed by atoms with Gasteiger partial charge in [0.2, 0.25) is 5.91 Å². The number of nitrogens with zero attached hydrogens (tertiary/aromatic N) is 2. The number of anilines is 1. The predicted octanol–water partition coefficient (Wildman–Crippen LogP) is 3.04. The van der Waals surface area contributed by atoms with Crippen molar-refractivity contribution in [1.29, 1.82) is 0 Å². The first-order valence-corrected chi connectivity index (χ1v) is 6.57. The van der Waals surface area contributed by atoms with Crippen molar-refractivity contribution in [1.82, 2.24) is 9.78 Å². The van der Waals surface area contributed by atoms with E-state index in [0.717, 1.165) is 12.1 Å². The van der Waals surface area contributed by atoms with Crippen molar-refractivity contribution in [2.24, 2.45) is 0 Å². The molecule has 0 fully saturated rings. The van der Waals surface area contributed by atoms with Crippen LogP contribution in [0.3, 0.4) is 0 Å². The lowest BCUT2D eigenvalue weighted by Gasteiger charge is -2.12. The molecule has 2 aromatic rings. The van der Waals surface area contributed by atoms with Crippen LogP contribution in [-0.4, -0.2) is 15.7 Å². The Labute approximate surface area is 113 Å². The molecule has 0 aliphatic carbocycles. The van der Waals surface area contributed by atoms with E-state index >= 15 is 0 Å². The van der Waals surface area contributed by atoms with Gasteiger partial charge in [0.05, 0.1) is 6.04 Å². The smallest absolute Gasteiger partial charge is 0.226 e. The van der Waals surface area contributed by atoms with Gasteiger partial charge in [-0.15, -0.1) is 0 Å². The van der Waals surface area contributed by atoms with Crippen molar-refractivity contribution in [3.8, 4) is 0 Å². The number of aryl methyl sites for hydroxylation is 1. The topological polar surface area (TPSA) is 46.9 Å². The fourth-order valence-corrected chi connectivity index (χ4v) is 1.94. The second-order valence-corrected chi connectivity index (χ2v) is 4.64. The Hall–Kier alpha value is -2.10. The molecule has 1 unspecified atom stereocenters. The average Bonchev–Trinajstić information content (AvgIpc) is 2.93. The van der Waals surface area contributed by atoms with Crippen LogP contribution >= 0.6 is 0 Å². The van der Waals surface area contributed by atoms with E-state index in [2.05, 4.69) is 17.3 Å². The van der Waals surface area contributed by atoms with Gasteiger partial charge in [-0.2, -0.15) is 5.10 Å². The van der Waals surface area contributed by atoms with E-state index in [1.165, 1.54) is 5.56 Å². The summed E-state index contributed by atoms with van der Waals surface area (Å²) in [7, 11) is 0. The van der Waals surface area contributed by atoms with Gasteiger partial charge in [0.15, 0.2) is 0 Å². The first-order valence-electron chi connectivity index (χ1n) is 6.57. The highest BCUT2D eigenvalue weighted by Gasteiger charge is 2.10. The van der Waals surface area contributed by atoms with Crippen molar-refractivity contribution >= 4 is 11.6 Å². The largest absolute Gasteiger partial charge is 0.326 e. The van der Waals surface area contributed by atoms with E-state index in [0.29, 0.717) is 6.42 Å². The molecule has 2 rings (SSSR count). The highest BCUT2D eigenvalue weighted by Crippen LogP contribution is 2.13. The maximum absolute atomic E-state index is 11.9. The van der Waals surface area contributed by atoms with E-state index in [1.54, 1.807) is 10.9 Å². The molecular weight excluding hydrogens is 238 g/mol. The Morgan fingerprint density at radius 3 is 2.68 bits per heavy atom. The molecule has 1 N–H and O–H groups in total. The first-order chi connectivity index (χ1) is 9.19. The number of nitrogens with one attached hydrogen (secondary N) is 1. The summed E-state index contributed by atoms with van der Waals surface area (Å²) in [5, 5.41) is 7.04. The van der Waals surface area contributed by atoms with E-state index in [9.17, 15) is 4.79 Å². The molecule has 4 heteroatoms. The van der Waals surface area contributed by atoms with Crippen LogP contribution in [0.2, 0.25) is 0 Å². The van der Waals surface area contributed by atoms with Gasteiger partial charge in [-0.05, 0) is 37.1 Å². The van der Waals surface area contributed by atoms with Crippen LogP contribution in [0.15, 0.2) is 42.7 Å². The molecule has 19 heavy (non-hydrogen) atoms. The molecule has 0 radical (unpaired) electrons. The monoisotopic (exact) mass is 257 g/mol. The van der Waals surface area contributed by atoms with Crippen LogP contribution in [0, 0.1) is 0 Å². The van der Waals surface area contributed by atoms with Crippen molar-refractivity contribution in [2.45, 2.75) is 32.7 Å².